The van der Waals surface area contributed by atoms with Gasteiger partial charge in [0.25, 0.3) is 0 Å². The van der Waals surface area contributed by atoms with Crippen LogP contribution in [0.2, 0.25) is 5.02 Å². The van der Waals surface area contributed by atoms with Crippen LogP contribution in [0.4, 0.5) is 24.5 Å². The van der Waals surface area contributed by atoms with Gasteiger partial charge in [0, 0.05) is 33.9 Å². The standard InChI is InChI=1S/C18H12ClF3N2O2S/c1-9-2-3-10(19)6-14(9)24-17(27)23-11-4-5-12-13(18(20,21)22)8-16(25)26-15(12)7-11/h2-8H,1H3,(H2,23,24,27). The lowest BCUT2D eigenvalue weighted by Crippen LogP contribution is -2.19. The number of anilines is 2. The molecule has 27 heavy (non-hydrogen) atoms. The average Bonchev–Trinajstić information content (AvgIpc) is 2.56. The summed E-state index contributed by atoms with van der Waals surface area (Å²) in [6, 6.07) is 9.60. The second-order valence-corrected chi connectivity index (χ2v) is 6.57. The minimum atomic E-state index is -4.66. The molecule has 0 aliphatic carbocycles. The summed E-state index contributed by atoms with van der Waals surface area (Å²) < 4.78 is 44.1. The summed E-state index contributed by atoms with van der Waals surface area (Å²) in [7, 11) is 0. The predicted molar refractivity (Wildman–Crippen MR) is 104 cm³/mol. The Balaban J connectivity index is 1.88. The molecule has 0 unspecified atom stereocenters. The molecule has 140 valence electrons. The fourth-order valence-corrected chi connectivity index (χ4v) is 2.89. The van der Waals surface area contributed by atoms with Crippen LogP contribution in [0.1, 0.15) is 11.1 Å². The van der Waals surface area contributed by atoms with Crippen LogP contribution in [0.25, 0.3) is 11.0 Å². The lowest BCUT2D eigenvalue weighted by atomic mass is 10.1. The van der Waals surface area contributed by atoms with Gasteiger partial charge in [-0.3, -0.25) is 0 Å². The Morgan fingerprint density at radius 1 is 1.11 bits per heavy atom. The van der Waals surface area contributed by atoms with Gasteiger partial charge in [0.15, 0.2) is 5.11 Å². The third kappa shape index (κ3) is 4.40. The molecular weight excluding hydrogens is 401 g/mol. The number of alkyl halides is 3. The normalized spacial score (nSPS) is 11.4. The van der Waals surface area contributed by atoms with E-state index in [9.17, 15) is 18.0 Å². The Hall–Kier alpha value is -2.58. The molecule has 0 bridgehead atoms. The fourth-order valence-electron chi connectivity index (χ4n) is 2.49. The van der Waals surface area contributed by atoms with E-state index < -0.39 is 17.4 Å². The van der Waals surface area contributed by atoms with Gasteiger partial charge in [0.1, 0.15) is 5.58 Å². The smallest absolute Gasteiger partial charge is 0.417 e. The Morgan fingerprint density at radius 3 is 2.56 bits per heavy atom. The zero-order chi connectivity index (χ0) is 19.8. The first-order chi connectivity index (χ1) is 12.6. The van der Waals surface area contributed by atoms with E-state index >= 15 is 0 Å². The highest BCUT2D eigenvalue weighted by Gasteiger charge is 2.33. The van der Waals surface area contributed by atoms with Crippen LogP contribution < -0.4 is 16.3 Å². The average molecular weight is 413 g/mol. The van der Waals surface area contributed by atoms with Gasteiger partial charge >= 0.3 is 11.8 Å². The van der Waals surface area contributed by atoms with Crippen LogP contribution in [0.3, 0.4) is 0 Å². The number of hydrogen-bond acceptors (Lipinski definition) is 3. The highest BCUT2D eigenvalue weighted by molar-refractivity contribution is 7.80. The van der Waals surface area contributed by atoms with E-state index in [1.54, 1.807) is 12.1 Å². The van der Waals surface area contributed by atoms with Gasteiger partial charge in [-0.15, -0.1) is 0 Å². The summed E-state index contributed by atoms with van der Waals surface area (Å²) in [6.45, 7) is 1.87. The van der Waals surface area contributed by atoms with Gasteiger partial charge in [-0.05, 0) is 49.0 Å². The van der Waals surface area contributed by atoms with Crippen LogP contribution in [-0.2, 0) is 6.18 Å². The second kappa shape index (κ2) is 7.21. The van der Waals surface area contributed by atoms with E-state index in [0.717, 1.165) is 5.56 Å². The van der Waals surface area contributed by atoms with Crippen molar-refractivity contribution in [2.45, 2.75) is 13.1 Å². The summed E-state index contributed by atoms with van der Waals surface area (Å²) in [4.78, 5) is 11.5. The molecular formula is C18H12ClF3N2O2S. The topological polar surface area (TPSA) is 54.3 Å². The van der Waals surface area contributed by atoms with Crippen molar-refractivity contribution in [2.24, 2.45) is 0 Å². The molecule has 0 saturated carbocycles. The van der Waals surface area contributed by atoms with Gasteiger partial charge in [-0.2, -0.15) is 13.2 Å². The zero-order valence-corrected chi connectivity index (χ0v) is 15.4. The zero-order valence-electron chi connectivity index (χ0n) is 13.8. The first-order valence-corrected chi connectivity index (χ1v) is 8.41. The maximum absolute atomic E-state index is 13.1. The largest absolute Gasteiger partial charge is 0.423 e. The van der Waals surface area contributed by atoms with Crippen molar-refractivity contribution in [1.82, 2.24) is 0 Å². The highest BCUT2D eigenvalue weighted by Crippen LogP contribution is 2.34. The number of thiocarbonyl (C=S) groups is 1. The number of hydrogen-bond donors (Lipinski definition) is 2. The van der Waals surface area contributed by atoms with Crippen LogP contribution in [0.5, 0.6) is 0 Å². The maximum atomic E-state index is 13.1. The first kappa shape index (κ1) is 19.2. The monoisotopic (exact) mass is 412 g/mol. The van der Waals surface area contributed by atoms with Crippen LogP contribution in [0.15, 0.2) is 51.7 Å². The van der Waals surface area contributed by atoms with Gasteiger partial charge < -0.3 is 15.1 Å². The molecule has 0 aliphatic rings. The van der Waals surface area contributed by atoms with Crippen molar-refractivity contribution in [1.29, 1.82) is 0 Å². The predicted octanol–water partition coefficient (Wildman–Crippen LogP) is 5.58. The molecule has 0 aliphatic heterocycles. The van der Waals surface area contributed by atoms with E-state index in [1.807, 2.05) is 13.0 Å². The molecule has 2 N–H and O–H groups in total. The SMILES string of the molecule is Cc1ccc(Cl)cc1NC(=S)Nc1ccc2c(C(F)(F)F)cc(=O)oc2c1. The molecule has 0 fully saturated rings. The molecule has 4 nitrogen and oxygen atoms in total. The highest BCUT2D eigenvalue weighted by atomic mass is 35.5. The molecule has 0 amide bonds. The maximum Gasteiger partial charge on any atom is 0.417 e. The van der Waals surface area contributed by atoms with Gasteiger partial charge in [0.05, 0.1) is 5.56 Å². The lowest BCUT2D eigenvalue weighted by Gasteiger charge is -2.14. The van der Waals surface area contributed by atoms with Crippen molar-refractivity contribution in [3.63, 3.8) is 0 Å². The lowest BCUT2D eigenvalue weighted by molar-refractivity contribution is -0.136. The second-order valence-electron chi connectivity index (χ2n) is 5.73. The van der Waals surface area contributed by atoms with Crippen molar-refractivity contribution in [3.05, 3.63) is 69.0 Å². The molecule has 0 spiro atoms. The van der Waals surface area contributed by atoms with Crippen molar-refractivity contribution >= 4 is 51.3 Å². The van der Waals surface area contributed by atoms with Crippen LogP contribution >= 0.6 is 23.8 Å². The third-order valence-electron chi connectivity index (χ3n) is 3.76. The molecule has 3 rings (SSSR count). The Kier molecular flexibility index (Phi) is 5.12. The summed E-state index contributed by atoms with van der Waals surface area (Å²) in [5.41, 5.74) is -0.365. The molecule has 3 aromatic rings. The third-order valence-corrected chi connectivity index (χ3v) is 4.19. The molecule has 0 radical (unpaired) electrons. The molecule has 9 heteroatoms. The minimum absolute atomic E-state index is 0.193. The van der Waals surface area contributed by atoms with Gasteiger partial charge in [0.2, 0.25) is 0 Å². The van der Waals surface area contributed by atoms with E-state index in [1.165, 1.54) is 18.2 Å². The molecule has 1 aromatic heterocycles. The van der Waals surface area contributed by atoms with Crippen LogP contribution in [-0.4, -0.2) is 5.11 Å². The number of rotatable bonds is 2. The van der Waals surface area contributed by atoms with Crippen LogP contribution in [0, 0.1) is 6.92 Å². The van der Waals surface area contributed by atoms with E-state index in [4.69, 9.17) is 28.2 Å². The molecule has 0 atom stereocenters. The number of halogens is 4. The fraction of sp³-hybridized carbons (Fsp3) is 0.111. The Bertz CT molecular complexity index is 1100. The van der Waals surface area contributed by atoms with Gasteiger partial charge in [-0.1, -0.05) is 17.7 Å². The number of aryl methyl sites for hydroxylation is 1. The van der Waals surface area contributed by atoms with E-state index in [2.05, 4.69) is 10.6 Å². The molecule has 2 aromatic carbocycles. The van der Waals surface area contributed by atoms with E-state index in [-0.39, 0.29) is 16.1 Å². The minimum Gasteiger partial charge on any atom is -0.423 e. The van der Waals surface area contributed by atoms with Gasteiger partial charge in [-0.25, -0.2) is 4.79 Å². The number of nitrogens with one attached hydrogen (secondary N) is 2. The van der Waals surface area contributed by atoms with Crippen molar-refractivity contribution < 1.29 is 17.6 Å². The summed E-state index contributed by atoms with van der Waals surface area (Å²) in [5.74, 6) is 0. The quantitative estimate of drug-likeness (QED) is 0.425. The van der Waals surface area contributed by atoms with Crippen molar-refractivity contribution in [2.75, 3.05) is 10.6 Å². The number of benzene rings is 2. The number of fused-ring (bicyclic) bond motifs is 1. The Labute approximate surface area is 161 Å². The summed E-state index contributed by atoms with van der Waals surface area (Å²) >= 11 is 11.2. The summed E-state index contributed by atoms with van der Waals surface area (Å²) in [5, 5.41) is 6.32. The molecule has 1 heterocycles. The first-order valence-electron chi connectivity index (χ1n) is 7.63. The molecule has 0 saturated heterocycles. The Morgan fingerprint density at radius 2 is 1.85 bits per heavy atom. The van der Waals surface area contributed by atoms with E-state index in [0.29, 0.717) is 22.5 Å². The van der Waals surface area contributed by atoms with Crippen molar-refractivity contribution in [3.8, 4) is 0 Å². The summed E-state index contributed by atoms with van der Waals surface area (Å²) in [6.07, 6.45) is -4.66.